The molecule has 138 valence electrons. The van der Waals surface area contributed by atoms with Crippen molar-refractivity contribution in [1.29, 1.82) is 0 Å². The maximum Gasteiger partial charge on any atom is 0.323 e. The second-order valence-corrected chi connectivity index (χ2v) is 6.64. The van der Waals surface area contributed by atoms with Crippen molar-refractivity contribution in [3.05, 3.63) is 60.6 Å². The number of rotatable bonds is 3. The summed E-state index contributed by atoms with van der Waals surface area (Å²) in [5.74, 6) is 0.644. The molecule has 0 radical (unpaired) electrons. The van der Waals surface area contributed by atoms with Gasteiger partial charge in [0.25, 0.3) is 0 Å². The van der Waals surface area contributed by atoms with Crippen LogP contribution in [0, 0.1) is 0 Å². The molecule has 1 saturated heterocycles. The van der Waals surface area contributed by atoms with Crippen molar-refractivity contribution in [2.45, 2.75) is 25.3 Å². The normalized spacial score (nSPS) is 16.9. The van der Waals surface area contributed by atoms with Crippen molar-refractivity contribution in [3.8, 4) is 11.4 Å². The molecule has 1 atom stereocenters. The number of aryl methyl sites for hydroxylation is 1. The maximum atomic E-state index is 13.0. The molecule has 0 bridgehead atoms. The first-order valence-electron chi connectivity index (χ1n) is 9.16. The smallest absolute Gasteiger partial charge is 0.316 e. The van der Waals surface area contributed by atoms with Crippen LogP contribution in [-0.2, 0) is 7.05 Å². The predicted molar refractivity (Wildman–Crippen MR) is 103 cm³/mol. The van der Waals surface area contributed by atoms with Gasteiger partial charge in [-0.25, -0.2) is 4.79 Å². The maximum absolute atomic E-state index is 13.0. The van der Waals surface area contributed by atoms with E-state index in [0.717, 1.165) is 42.9 Å². The van der Waals surface area contributed by atoms with Crippen molar-refractivity contribution in [3.63, 3.8) is 0 Å². The Morgan fingerprint density at radius 3 is 2.63 bits per heavy atom. The van der Waals surface area contributed by atoms with Gasteiger partial charge in [-0.15, -0.1) is 0 Å². The zero-order valence-electron chi connectivity index (χ0n) is 15.2. The van der Waals surface area contributed by atoms with Crippen molar-refractivity contribution in [2.75, 3.05) is 11.9 Å². The number of urea groups is 1. The summed E-state index contributed by atoms with van der Waals surface area (Å²) in [6.45, 7) is 0.720. The Hall–Kier alpha value is -3.22. The standard InChI is InChI=1S/C20H22N6O/c1-25-19(14-17(24-25)15-8-2-5-11-21-15)23-20(27)26-13-7-4-10-18(26)16-9-3-6-12-22-16/h2-3,5-6,8-9,11-12,14,18H,4,7,10,13H2,1H3,(H,23,27)/t18-/m0/s1. The second kappa shape index (κ2) is 7.57. The minimum absolute atomic E-state index is 0.00318. The Labute approximate surface area is 158 Å². The molecule has 2 amide bonds. The van der Waals surface area contributed by atoms with Crippen LogP contribution in [0.2, 0.25) is 0 Å². The minimum Gasteiger partial charge on any atom is -0.316 e. The molecule has 1 N–H and O–H groups in total. The Bertz CT molecular complexity index is 909. The van der Waals surface area contributed by atoms with Crippen LogP contribution in [0.3, 0.4) is 0 Å². The Morgan fingerprint density at radius 2 is 1.89 bits per heavy atom. The van der Waals surface area contributed by atoms with Crippen molar-refractivity contribution in [2.24, 2.45) is 7.05 Å². The van der Waals surface area contributed by atoms with Gasteiger partial charge < -0.3 is 4.90 Å². The average Bonchev–Trinajstić information content (AvgIpc) is 3.09. The Kier molecular flexibility index (Phi) is 4.82. The van der Waals surface area contributed by atoms with E-state index < -0.39 is 0 Å². The molecule has 4 rings (SSSR count). The van der Waals surface area contributed by atoms with E-state index in [-0.39, 0.29) is 12.1 Å². The van der Waals surface area contributed by atoms with E-state index in [4.69, 9.17) is 0 Å². The van der Waals surface area contributed by atoms with Crippen LogP contribution >= 0.6 is 0 Å². The Balaban J connectivity index is 1.54. The molecule has 27 heavy (non-hydrogen) atoms. The molecular formula is C20H22N6O. The summed E-state index contributed by atoms with van der Waals surface area (Å²) in [6.07, 6.45) is 6.53. The summed E-state index contributed by atoms with van der Waals surface area (Å²) in [4.78, 5) is 23.6. The number of hydrogen-bond acceptors (Lipinski definition) is 4. The molecule has 3 aromatic heterocycles. The lowest BCUT2D eigenvalue weighted by Crippen LogP contribution is -2.41. The fourth-order valence-corrected chi connectivity index (χ4v) is 3.46. The third-order valence-corrected chi connectivity index (χ3v) is 4.83. The van der Waals surface area contributed by atoms with Crippen LogP contribution in [0.1, 0.15) is 31.0 Å². The number of hydrogen-bond donors (Lipinski definition) is 1. The molecule has 1 fully saturated rings. The van der Waals surface area contributed by atoms with Gasteiger partial charge in [0.2, 0.25) is 0 Å². The summed E-state index contributed by atoms with van der Waals surface area (Å²) >= 11 is 0. The average molecular weight is 362 g/mol. The van der Waals surface area contributed by atoms with Gasteiger partial charge in [-0.05, 0) is 43.5 Å². The monoisotopic (exact) mass is 362 g/mol. The van der Waals surface area contributed by atoms with Gasteiger partial charge in [-0.1, -0.05) is 12.1 Å². The molecule has 0 aromatic carbocycles. The molecule has 4 heterocycles. The summed E-state index contributed by atoms with van der Waals surface area (Å²) in [5.41, 5.74) is 2.44. The third-order valence-electron chi connectivity index (χ3n) is 4.83. The fourth-order valence-electron chi connectivity index (χ4n) is 3.46. The van der Waals surface area contributed by atoms with Gasteiger partial charge in [0.1, 0.15) is 11.5 Å². The lowest BCUT2D eigenvalue weighted by Gasteiger charge is -2.35. The first-order chi connectivity index (χ1) is 13.2. The zero-order valence-corrected chi connectivity index (χ0v) is 15.2. The number of anilines is 1. The van der Waals surface area contributed by atoms with Crippen molar-refractivity contribution in [1.82, 2.24) is 24.6 Å². The van der Waals surface area contributed by atoms with Crippen LogP contribution in [0.25, 0.3) is 11.4 Å². The minimum atomic E-state index is -0.124. The topological polar surface area (TPSA) is 75.9 Å². The van der Waals surface area contributed by atoms with Crippen molar-refractivity contribution >= 4 is 11.8 Å². The van der Waals surface area contributed by atoms with Gasteiger partial charge in [-0.2, -0.15) is 5.10 Å². The lowest BCUT2D eigenvalue weighted by molar-refractivity contribution is 0.161. The van der Waals surface area contributed by atoms with E-state index in [1.54, 1.807) is 17.1 Å². The van der Waals surface area contributed by atoms with Gasteiger partial charge in [0, 0.05) is 32.1 Å². The number of likely N-dealkylation sites (tertiary alicyclic amines) is 1. The molecule has 7 nitrogen and oxygen atoms in total. The first kappa shape index (κ1) is 17.2. The van der Waals surface area contributed by atoms with E-state index >= 15 is 0 Å². The molecule has 1 aliphatic rings. The second-order valence-electron chi connectivity index (χ2n) is 6.64. The number of piperidine rings is 1. The van der Waals surface area contributed by atoms with E-state index in [1.807, 2.05) is 54.4 Å². The SMILES string of the molecule is Cn1nc(-c2ccccn2)cc1NC(=O)N1CCCC[C@H]1c1ccccn1. The highest BCUT2D eigenvalue weighted by atomic mass is 16.2. The van der Waals surface area contributed by atoms with Crippen LogP contribution < -0.4 is 5.32 Å². The van der Waals surface area contributed by atoms with E-state index in [2.05, 4.69) is 20.4 Å². The summed E-state index contributed by atoms with van der Waals surface area (Å²) in [5, 5.41) is 7.47. The summed E-state index contributed by atoms with van der Waals surface area (Å²) in [6, 6.07) is 13.3. The summed E-state index contributed by atoms with van der Waals surface area (Å²) in [7, 11) is 1.81. The van der Waals surface area contributed by atoms with Gasteiger partial charge in [0.05, 0.1) is 17.4 Å². The van der Waals surface area contributed by atoms with E-state index in [1.165, 1.54) is 0 Å². The molecule has 0 saturated carbocycles. The van der Waals surface area contributed by atoms with E-state index in [9.17, 15) is 4.79 Å². The predicted octanol–water partition coefficient (Wildman–Crippen LogP) is 3.64. The van der Waals surface area contributed by atoms with Crippen LogP contribution in [-0.4, -0.2) is 37.2 Å². The molecule has 0 aliphatic carbocycles. The first-order valence-corrected chi connectivity index (χ1v) is 9.16. The number of amides is 2. The molecule has 0 spiro atoms. The van der Waals surface area contributed by atoms with Gasteiger partial charge in [-0.3, -0.25) is 20.0 Å². The molecule has 3 aromatic rings. The number of carbonyl (C=O) groups excluding carboxylic acids is 1. The number of pyridine rings is 2. The van der Waals surface area contributed by atoms with E-state index in [0.29, 0.717) is 5.82 Å². The summed E-state index contributed by atoms with van der Waals surface area (Å²) < 4.78 is 1.67. The Morgan fingerprint density at radius 1 is 1.07 bits per heavy atom. The van der Waals surface area contributed by atoms with Crippen molar-refractivity contribution < 1.29 is 4.79 Å². The lowest BCUT2D eigenvalue weighted by atomic mass is 9.99. The molecule has 0 unspecified atom stereocenters. The third kappa shape index (κ3) is 3.67. The van der Waals surface area contributed by atoms with Gasteiger partial charge in [0.15, 0.2) is 0 Å². The largest absolute Gasteiger partial charge is 0.323 e. The number of carbonyl (C=O) groups is 1. The quantitative estimate of drug-likeness (QED) is 0.772. The van der Waals surface area contributed by atoms with Crippen LogP contribution in [0.4, 0.5) is 10.6 Å². The number of nitrogens with zero attached hydrogens (tertiary/aromatic N) is 5. The highest BCUT2D eigenvalue weighted by molar-refractivity contribution is 5.89. The van der Waals surface area contributed by atoms with Gasteiger partial charge >= 0.3 is 6.03 Å². The zero-order chi connectivity index (χ0) is 18.6. The van der Waals surface area contributed by atoms with Crippen LogP contribution in [0.5, 0.6) is 0 Å². The fraction of sp³-hybridized carbons (Fsp3) is 0.300. The highest BCUT2D eigenvalue weighted by Crippen LogP contribution is 2.30. The molecule has 1 aliphatic heterocycles. The van der Waals surface area contributed by atoms with Crippen LogP contribution in [0.15, 0.2) is 54.9 Å². The number of aromatic nitrogens is 4. The number of nitrogens with one attached hydrogen (secondary N) is 1. The molecular weight excluding hydrogens is 340 g/mol. The highest BCUT2D eigenvalue weighted by Gasteiger charge is 2.29. The molecule has 7 heteroatoms.